The van der Waals surface area contributed by atoms with Gasteiger partial charge >= 0.3 is 0 Å². The lowest BCUT2D eigenvalue weighted by molar-refractivity contribution is -0.204. The molecule has 1 atom stereocenters. The Hall–Kier alpha value is -0.690. The molecule has 28 heavy (non-hydrogen) atoms. The summed E-state index contributed by atoms with van der Waals surface area (Å²) < 4.78 is 16.8. The average molecular weight is 395 g/mol. The van der Waals surface area contributed by atoms with Gasteiger partial charge < -0.3 is 19.1 Å². The molecule has 6 heteroatoms. The molecule has 1 aliphatic carbocycles. The van der Waals surface area contributed by atoms with Crippen molar-refractivity contribution in [3.8, 4) is 0 Å². The molecule has 0 radical (unpaired) electrons. The zero-order valence-electron chi connectivity index (χ0n) is 17.6. The number of nitrogens with zero attached hydrogens (tertiary/aromatic N) is 2. The van der Waals surface area contributed by atoms with Gasteiger partial charge in [0, 0.05) is 57.5 Å². The fourth-order valence-electron chi connectivity index (χ4n) is 5.97. The molecule has 3 heterocycles. The monoisotopic (exact) mass is 394 g/mol. The van der Waals surface area contributed by atoms with E-state index in [2.05, 4.69) is 9.80 Å². The van der Waals surface area contributed by atoms with E-state index in [4.69, 9.17) is 14.2 Å². The molecular weight excluding hydrogens is 356 g/mol. The summed E-state index contributed by atoms with van der Waals surface area (Å²) in [5.41, 5.74) is 0.254. The van der Waals surface area contributed by atoms with Gasteiger partial charge in [-0.2, -0.15) is 0 Å². The highest BCUT2D eigenvalue weighted by Gasteiger charge is 2.56. The van der Waals surface area contributed by atoms with Crippen LogP contribution in [0.4, 0.5) is 0 Å². The van der Waals surface area contributed by atoms with Crippen LogP contribution in [-0.2, 0) is 19.0 Å². The maximum absolute atomic E-state index is 12.8. The Bertz CT molecular complexity index is 509. The number of hydrogen-bond acceptors (Lipinski definition) is 5. The first kappa shape index (κ1) is 20.6. The molecule has 4 fully saturated rings. The predicted octanol–water partition coefficient (Wildman–Crippen LogP) is 2.45. The van der Waals surface area contributed by atoms with Gasteiger partial charge in [0.25, 0.3) is 0 Å². The summed E-state index contributed by atoms with van der Waals surface area (Å²) in [4.78, 5) is 17.7. The van der Waals surface area contributed by atoms with Gasteiger partial charge in [-0.1, -0.05) is 19.3 Å². The minimum Gasteiger partial charge on any atom is -0.382 e. The van der Waals surface area contributed by atoms with Crippen molar-refractivity contribution in [1.29, 1.82) is 0 Å². The summed E-state index contributed by atoms with van der Waals surface area (Å²) in [6, 6.07) is 0.610. The highest BCUT2D eigenvalue weighted by Crippen LogP contribution is 2.47. The molecule has 0 aromatic carbocycles. The Balaban J connectivity index is 1.31. The van der Waals surface area contributed by atoms with E-state index in [9.17, 15) is 4.79 Å². The number of ether oxygens (including phenoxy) is 3. The van der Waals surface area contributed by atoms with Crippen LogP contribution in [0.1, 0.15) is 57.8 Å². The van der Waals surface area contributed by atoms with Crippen LogP contribution in [0.5, 0.6) is 0 Å². The molecule has 4 rings (SSSR count). The topological polar surface area (TPSA) is 51.2 Å². The van der Waals surface area contributed by atoms with E-state index < -0.39 is 0 Å². The Morgan fingerprint density at radius 1 is 1.04 bits per heavy atom. The molecule has 0 aromatic rings. The van der Waals surface area contributed by atoms with Crippen LogP contribution in [0.2, 0.25) is 0 Å². The molecule has 1 amide bonds. The number of amides is 1. The third kappa shape index (κ3) is 4.11. The van der Waals surface area contributed by atoms with Gasteiger partial charge in [0.1, 0.15) is 0 Å². The van der Waals surface area contributed by atoms with E-state index in [0.29, 0.717) is 31.3 Å². The third-order valence-electron chi connectivity index (χ3n) is 7.65. The maximum atomic E-state index is 12.8. The zero-order chi connectivity index (χ0) is 19.4. The molecule has 1 spiro atoms. The number of rotatable bonds is 6. The van der Waals surface area contributed by atoms with E-state index in [0.717, 1.165) is 58.5 Å². The number of hydrogen-bond donors (Lipinski definition) is 0. The van der Waals surface area contributed by atoms with Gasteiger partial charge in [-0.15, -0.1) is 0 Å². The SMILES string of the molecule is COCCOC1CN(C2CCN(C(=O)C3CCOCC3)CC2)C12CCCCC2. The quantitative estimate of drug-likeness (QED) is 0.648. The minimum absolute atomic E-state index is 0.192. The second-order valence-electron chi connectivity index (χ2n) is 9.11. The molecule has 6 nitrogen and oxygen atoms in total. The standard InChI is InChI=1S/C22H38N2O4/c1-26-15-16-28-20-17-24(22(20)9-3-2-4-10-22)19-5-11-23(12-6-19)21(25)18-7-13-27-14-8-18/h18-20H,2-17H2,1H3. The van der Waals surface area contributed by atoms with Crippen molar-refractivity contribution in [2.24, 2.45) is 5.92 Å². The number of likely N-dealkylation sites (tertiary alicyclic amines) is 2. The smallest absolute Gasteiger partial charge is 0.225 e. The van der Waals surface area contributed by atoms with E-state index in [-0.39, 0.29) is 11.5 Å². The van der Waals surface area contributed by atoms with Gasteiger partial charge in [-0.05, 0) is 38.5 Å². The number of carbonyl (C=O) groups is 1. The molecule has 3 aliphatic heterocycles. The average Bonchev–Trinajstić information content (AvgIpc) is 2.76. The second-order valence-corrected chi connectivity index (χ2v) is 9.11. The fourth-order valence-corrected chi connectivity index (χ4v) is 5.97. The van der Waals surface area contributed by atoms with Crippen LogP contribution in [0.15, 0.2) is 0 Å². The normalized spacial score (nSPS) is 29.8. The van der Waals surface area contributed by atoms with Crippen LogP contribution >= 0.6 is 0 Å². The van der Waals surface area contributed by atoms with Crippen molar-refractivity contribution in [2.45, 2.75) is 75.5 Å². The number of piperidine rings is 1. The van der Waals surface area contributed by atoms with Gasteiger partial charge in [-0.25, -0.2) is 0 Å². The summed E-state index contributed by atoms with van der Waals surface area (Å²) in [7, 11) is 1.74. The second kappa shape index (κ2) is 9.41. The summed E-state index contributed by atoms with van der Waals surface area (Å²) in [5.74, 6) is 0.566. The van der Waals surface area contributed by atoms with Crippen molar-refractivity contribution in [1.82, 2.24) is 9.80 Å². The predicted molar refractivity (Wildman–Crippen MR) is 107 cm³/mol. The van der Waals surface area contributed by atoms with Crippen LogP contribution in [0, 0.1) is 5.92 Å². The summed E-state index contributed by atoms with van der Waals surface area (Å²) in [6.07, 6.45) is 10.9. The van der Waals surface area contributed by atoms with Crippen LogP contribution in [0.25, 0.3) is 0 Å². The largest absolute Gasteiger partial charge is 0.382 e. The van der Waals surface area contributed by atoms with Crippen LogP contribution in [-0.4, -0.2) is 86.6 Å². The van der Waals surface area contributed by atoms with Crippen molar-refractivity contribution in [2.75, 3.05) is 53.2 Å². The van der Waals surface area contributed by atoms with Gasteiger partial charge in [0.15, 0.2) is 0 Å². The fraction of sp³-hybridized carbons (Fsp3) is 0.955. The van der Waals surface area contributed by atoms with Gasteiger partial charge in [0.2, 0.25) is 5.91 Å². The van der Waals surface area contributed by atoms with E-state index in [1.807, 2.05) is 0 Å². The van der Waals surface area contributed by atoms with Crippen molar-refractivity contribution >= 4 is 5.91 Å². The molecule has 160 valence electrons. The van der Waals surface area contributed by atoms with Crippen molar-refractivity contribution < 1.29 is 19.0 Å². The van der Waals surface area contributed by atoms with Gasteiger partial charge in [0.05, 0.1) is 19.3 Å². The molecule has 1 unspecified atom stereocenters. The lowest BCUT2D eigenvalue weighted by Gasteiger charge is -2.63. The molecule has 0 N–H and O–H groups in total. The molecular formula is C22H38N2O4. The first-order chi connectivity index (χ1) is 13.7. The molecule has 0 bridgehead atoms. The number of methoxy groups -OCH3 is 1. The minimum atomic E-state index is 0.192. The Morgan fingerprint density at radius 2 is 1.75 bits per heavy atom. The first-order valence-electron chi connectivity index (χ1n) is 11.5. The third-order valence-corrected chi connectivity index (χ3v) is 7.65. The highest BCUT2D eigenvalue weighted by molar-refractivity contribution is 5.79. The van der Waals surface area contributed by atoms with Crippen molar-refractivity contribution in [3.05, 3.63) is 0 Å². The summed E-state index contributed by atoms with van der Waals surface area (Å²) in [6.45, 7) is 5.77. The molecule has 0 aromatic heterocycles. The van der Waals surface area contributed by atoms with E-state index in [1.54, 1.807) is 7.11 Å². The highest BCUT2D eigenvalue weighted by atomic mass is 16.5. The molecule has 3 saturated heterocycles. The Morgan fingerprint density at radius 3 is 2.43 bits per heavy atom. The maximum Gasteiger partial charge on any atom is 0.225 e. The lowest BCUT2D eigenvalue weighted by Crippen LogP contribution is -2.75. The van der Waals surface area contributed by atoms with E-state index >= 15 is 0 Å². The van der Waals surface area contributed by atoms with Crippen molar-refractivity contribution in [3.63, 3.8) is 0 Å². The summed E-state index contributed by atoms with van der Waals surface area (Å²) in [5, 5.41) is 0. The molecule has 4 aliphatic rings. The Labute approximate surface area is 169 Å². The van der Waals surface area contributed by atoms with E-state index in [1.165, 1.54) is 32.1 Å². The zero-order valence-corrected chi connectivity index (χ0v) is 17.6. The number of carbonyl (C=O) groups excluding carboxylic acids is 1. The Kier molecular flexibility index (Phi) is 6.92. The lowest BCUT2D eigenvalue weighted by atomic mass is 9.69. The van der Waals surface area contributed by atoms with Crippen LogP contribution < -0.4 is 0 Å². The first-order valence-corrected chi connectivity index (χ1v) is 11.5. The van der Waals surface area contributed by atoms with Gasteiger partial charge in [-0.3, -0.25) is 9.69 Å². The summed E-state index contributed by atoms with van der Waals surface area (Å²) >= 11 is 0. The van der Waals surface area contributed by atoms with Crippen LogP contribution in [0.3, 0.4) is 0 Å². The molecule has 1 saturated carbocycles.